The maximum Gasteiger partial charge on any atom is 0.272 e. The molecule has 29 heavy (non-hydrogen) atoms. The van der Waals surface area contributed by atoms with Gasteiger partial charge in [-0.15, -0.1) is 0 Å². The van der Waals surface area contributed by atoms with Crippen LogP contribution in [0.3, 0.4) is 0 Å². The summed E-state index contributed by atoms with van der Waals surface area (Å²) in [4.78, 5) is 34.1. The van der Waals surface area contributed by atoms with Crippen LogP contribution in [0.2, 0.25) is 0 Å². The summed E-state index contributed by atoms with van der Waals surface area (Å²) in [6.07, 6.45) is 5.97. The number of benzene rings is 1. The van der Waals surface area contributed by atoms with Crippen molar-refractivity contribution in [2.24, 2.45) is 0 Å². The van der Waals surface area contributed by atoms with Crippen molar-refractivity contribution in [3.63, 3.8) is 0 Å². The van der Waals surface area contributed by atoms with Gasteiger partial charge in [0.15, 0.2) is 0 Å². The molecule has 1 aliphatic rings. The van der Waals surface area contributed by atoms with Crippen molar-refractivity contribution in [2.75, 3.05) is 36.4 Å². The summed E-state index contributed by atoms with van der Waals surface area (Å²) in [6.45, 7) is 4.68. The molecule has 4 rings (SSSR count). The van der Waals surface area contributed by atoms with E-state index in [4.69, 9.17) is 0 Å². The van der Waals surface area contributed by atoms with Crippen molar-refractivity contribution in [1.29, 1.82) is 0 Å². The standard InChI is InChI=1S/C21H23N7O/c1-2-16-6-3-4-7-17(16)25-20-22-11-8-18(26-20)19(29)27-12-14-28(15-13-27)21-23-9-5-10-24-21/h3-11H,2,12-15H2,1H3,(H,22,25,26). The molecule has 1 fully saturated rings. The largest absolute Gasteiger partial charge is 0.337 e. The van der Waals surface area contributed by atoms with Gasteiger partial charge in [-0.25, -0.2) is 19.9 Å². The van der Waals surface area contributed by atoms with Crippen LogP contribution in [0.1, 0.15) is 23.0 Å². The van der Waals surface area contributed by atoms with Crippen molar-refractivity contribution >= 4 is 23.5 Å². The van der Waals surface area contributed by atoms with Gasteiger partial charge in [-0.05, 0) is 30.2 Å². The summed E-state index contributed by atoms with van der Waals surface area (Å²) in [6, 6.07) is 11.5. The second kappa shape index (κ2) is 8.64. The molecular weight excluding hydrogens is 366 g/mol. The van der Waals surface area contributed by atoms with Crippen LogP contribution in [0.25, 0.3) is 0 Å². The minimum atomic E-state index is -0.0899. The molecule has 0 atom stereocenters. The maximum absolute atomic E-state index is 12.9. The molecule has 1 aliphatic heterocycles. The van der Waals surface area contributed by atoms with Crippen molar-refractivity contribution < 1.29 is 4.79 Å². The van der Waals surface area contributed by atoms with Crippen molar-refractivity contribution in [3.05, 3.63) is 66.2 Å². The zero-order valence-electron chi connectivity index (χ0n) is 16.3. The van der Waals surface area contributed by atoms with Gasteiger partial charge in [-0.2, -0.15) is 0 Å². The highest BCUT2D eigenvalue weighted by Crippen LogP contribution is 2.19. The smallest absolute Gasteiger partial charge is 0.272 e. The van der Waals surface area contributed by atoms with Gasteiger partial charge in [0.25, 0.3) is 5.91 Å². The Kier molecular flexibility index (Phi) is 5.60. The lowest BCUT2D eigenvalue weighted by molar-refractivity contribution is 0.0740. The van der Waals surface area contributed by atoms with E-state index in [2.05, 4.69) is 43.1 Å². The number of piperazine rings is 1. The lowest BCUT2D eigenvalue weighted by atomic mass is 10.1. The van der Waals surface area contributed by atoms with E-state index in [9.17, 15) is 4.79 Å². The van der Waals surface area contributed by atoms with Gasteiger partial charge in [0.1, 0.15) is 5.69 Å². The molecule has 0 bridgehead atoms. The average Bonchev–Trinajstić information content (AvgIpc) is 2.80. The van der Waals surface area contributed by atoms with E-state index in [1.165, 1.54) is 5.56 Å². The third kappa shape index (κ3) is 4.31. The quantitative estimate of drug-likeness (QED) is 0.717. The van der Waals surface area contributed by atoms with Gasteiger partial charge in [0, 0.05) is 50.5 Å². The summed E-state index contributed by atoms with van der Waals surface area (Å²) in [5, 5.41) is 3.23. The van der Waals surface area contributed by atoms with Crippen LogP contribution < -0.4 is 10.2 Å². The Hall–Kier alpha value is -3.55. The molecule has 8 heteroatoms. The molecule has 0 unspecified atom stereocenters. The number of anilines is 3. The molecule has 0 aliphatic carbocycles. The van der Waals surface area contributed by atoms with Crippen LogP contribution >= 0.6 is 0 Å². The Morgan fingerprint density at radius 2 is 1.72 bits per heavy atom. The van der Waals surface area contributed by atoms with E-state index >= 15 is 0 Å². The molecule has 0 saturated carbocycles. The summed E-state index contributed by atoms with van der Waals surface area (Å²) >= 11 is 0. The van der Waals surface area contributed by atoms with Crippen molar-refractivity contribution in [1.82, 2.24) is 24.8 Å². The number of rotatable bonds is 5. The minimum absolute atomic E-state index is 0.0899. The number of amides is 1. The fourth-order valence-electron chi connectivity index (χ4n) is 3.34. The first kappa shape index (κ1) is 18.8. The summed E-state index contributed by atoms with van der Waals surface area (Å²) in [5.41, 5.74) is 2.52. The van der Waals surface area contributed by atoms with Crippen LogP contribution in [-0.2, 0) is 6.42 Å². The highest BCUT2D eigenvalue weighted by molar-refractivity contribution is 5.92. The molecule has 0 radical (unpaired) electrons. The van der Waals surface area contributed by atoms with E-state index < -0.39 is 0 Å². The summed E-state index contributed by atoms with van der Waals surface area (Å²) in [5.74, 6) is 1.03. The molecular formula is C21H23N7O. The van der Waals surface area contributed by atoms with Crippen LogP contribution in [0.15, 0.2) is 55.0 Å². The van der Waals surface area contributed by atoms with Gasteiger partial charge in [0.05, 0.1) is 0 Å². The van der Waals surface area contributed by atoms with E-state index in [0.29, 0.717) is 43.8 Å². The second-order valence-corrected chi connectivity index (χ2v) is 6.73. The predicted molar refractivity (Wildman–Crippen MR) is 111 cm³/mol. The summed E-state index contributed by atoms with van der Waals surface area (Å²) < 4.78 is 0. The number of aromatic nitrogens is 4. The highest BCUT2D eigenvalue weighted by atomic mass is 16.2. The molecule has 3 heterocycles. The first-order valence-corrected chi connectivity index (χ1v) is 9.74. The van der Waals surface area contributed by atoms with Crippen molar-refractivity contribution in [3.8, 4) is 0 Å². The van der Waals surface area contributed by atoms with Crippen LogP contribution in [-0.4, -0.2) is 56.9 Å². The van der Waals surface area contributed by atoms with Gasteiger partial charge in [0.2, 0.25) is 11.9 Å². The molecule has 3 aromatic rings. The van der Waals surface area contributed by atoms with Gasteiger partial charge in [-0.3, -0.25) is 4.79 Å². The Bertz CT molecular complexity index is 972. The minimum Gasteiger partial charge on any atom is -0.337 e. The fraction of sp³-hybridized carbons (Fsp3) is 0.286. The van der Waals surface area contributed by atoms with Crippen molar-refractivity contribution in [2.45, 2.75) is 13.3 Å². The molecule has 1 aromatic carbocycles. The third-order valence-corrected chi connectivity index (χ3v) is 4.92. The third-order valence-electron chi connectivity index (χ3n) is 4.92. The zero-order valence-corrected chi connectivity index (χ0v) is 16.3. The number of nitrogens with zero attached hydrogens (tertiary/aromatic N) is 6. The van der Waals surface area contributed by atoms with Crippen LogP contribution in [0, 0.1) is 0 Å². The number of hydrogen-bond acceptors (Lipinski definition) is 7. The summed E-state index contributed by atoms with van der Waals surface area (Å²) in [7, 11) is 0. The fourth-order valence-corrected chi connectivity index (χ4v) is 3.34. The number of para-hydroxylation sites is 1. The number of hydrogen-bond donors (Lipinski definition) is 1. The van der Waals surface area contributed by atoms with Crippen LogP contribution in [0.5, 0.6) is 0 Å². The Labute approximate surface area is 169 Å². The monoisotopic (exact) mass is 389 g/mol. The number of nitrogens with one attached hydrogen (secondary N) is 1. The number of carbonyl (C=O) groups excluding carboxylic acids is 1. The molecule has 148 valence electrons. The molecule has 2 aromatic heterocycles. The van der Waals surface area contributed by atoms with E-state index in [-0.39, 0.29) is 5.91 Å². The van der Waals surface area contributed by atoms with E-state index in [1.54, 1.807) is 30.7 Å². The zero-order chi connectivity index (χ0) is 20.1. The molecule has 0 spiro atoms. The first-order chi connectivity index (χ1) is 14.2. The van der Waals surface area contributed by atoms with Gasteiger partial charge < -0.3 is 15.1 Å². The van der Waals surface area contributed by atoms with E-state index in [0.717, 1.165) is 12.1 Å². The molecule has 1 amide bonds. The topological polar surface area (TPSA) is 87.1 Å². The second-order valence-electron chi connectivity index (χ2n) is 6.73. The van der Waals surface area contributed by atoms with Gasteiger partial charge >= 0.3 is 0 Å². The SMILES string of the molecule is CCc1ccccc1Nc1nccc(C(=O)N2CCN(c3ncccn3)CC2)n1. The predicted octanol–water partition coefficient (Wildman–Crippen LogP) is 2.54. The van der Waals surface area contributed by atoms with Crippen LogP contribution in [0.4, 0.5) is 17.6 Å². The lowest BCUT2D eigenvalue weighted by Gasteiger charge is -2.34. The first-order valence-electron chi connectivity index (χ1n) is 9.74. The highest BCUT2D eigenvalue weighted by Gasteiger charge is 2.24. The number of carbonyl (C=O) groups is 1. The van der Waals surface area contributed by atoms with Gasteiger partial charge in [-0.1, -0.05) is 25.1 Å². The maximum atomic E-state index is 12.9. The molecule has 1 N–H and O–H groups in total. The number of aryl methyl sites for hydroxylation is 1. The Morgan fingerprint density at radius 3 is 2.48 bits per heavy atom. The van der Waals surface area contributed by atoms with E-state index in [1.807, 2.05) is 23.1 Å². The average molecular weight is 389 g/mol. The Balaban J connectivity index is 1.43. The molecule has 1 saturated heterocycles. The molecule has 8 nitrogen and oxygen atoms in total. The normalized spacial score (nSPS) is 14.0. The Morgan fingerprint density at radius 1 is 0.966 bits per heavy atom. The lowest BCUT2D eigenvalue weighted by Crippen LogP contribution is -2.49.